The minimum Gasteiger partial charge on any atom is -0.357 e. The summed E-state index contributed by atoms with van der Waals surface area (Å²) in [5, 5.41) is 3.45. The fourth-order valence-corrected chi connectivity index (χ4v) is 2.20. The van der Waals surface area contributed by atoms with Gasteiger partial charge in [-0.2, -0.15) is 0 Å². The molecule has 18 heavy (non-hydrogen) atoms. The van der Waals surface area contributed by atoms with E-state index in [1.807, 2.05) is 19.9 Å². The Morgan fingerprint density at radius 2 is 1.83 bits per heavy atom. The fraction of sp³-hybridized carbons (Fsp3) is 0.273. The minimum atomic E-state index is -0.484. The second-order valence-corrected chi connectivity index (χ2v) is 4.59. The number of nitrogens with one attached hydrogen (secondary N) is 1. The maximum atomic E-state index is 13.6. The summed E-state index contributed by atoms with van der Waals surface area (Å²) in [6.07, 6.45) is 1.13. The van der Waals surface area contributed by atoms with Crippen LogP contribution in [0.4, 0.5) is 10.3 Å². The standard InChI is InChI=1S/C11H12FN5S/c1-6-4-7(2)16-11(15-6)18-9-8(12)5-14-10(13-3)17-9/h4-5H,1-3H3,(H,13,14,17). The van der Waals surface area contributed by atoms with E-state index >= 15 is 0 Å². The van der Waals surface area contributed by atoms with Crippen LogP contribution in [0.15, 0.2) is 22.4 Å². The summed E-state index contributed by atoms with van der Waals surface area (Å²) < 4.78 is 13.6. The number of aromatic nitrogens is 4. The van der Waals surface area contributed by atoms with Crippen molar-refractivity contribution in [1.29, 1.82) is 0 Å². The quantitative estimate of drug-likeness (QED) is 0.678. The van der Waals surface area contributed by atoms with Crippen LogP contribution in [0.5, 0.6) is 0 Å². The van der Waals surface area contributed by atoms with Crippen LogP contribution in [0.2, 0.25) is 0 Å². The third-order valence-electron chi connectivity index (χ3n) is 2.09. The smallest absolute Gasteiger partial charge is 0.223 e. The maximum Gasteiger partial charge on any atom is 0.223 e. The van der Waals surface area contributed by atoms with Gasteiger partial charge in [0.15, 0.2) is 11.0 Å². The van der Waals surface area contributed by atoms with Gasteiger partial charge in [-0.25, -0.2) is 24.3 Å². The number of rotatable bonds is 3. The predicted octanol–water partition coefficient (Wildman–Crippen LogP) is 2.22. The Labute approximate surface area is 108 Å². The molecule has 0 bridgehead atoms. The Morgan fingerprint density at radius 3 is 2.44 bits per heavy atom. The fourth-order valence-electron chi connectivity index (χ4n) is 1.37. The minimum absolute atomic E-state index is 0.208. The van der Waals surface area contributed by atoms with E-state index in [9.17, 15) is 4.39 Å². The molecule has 0 aromatic carbocycles. The van der Waals surface area contributed by atoms with Crippen LogP contribution in [0.25, 0.3) is 0 Å². The van der Waals surface area contributed by atoms with Gasteiger partial charge >= 0.3 is 0 Å². The normalized spacial score (nSPS) is 10.4. The van der Waals surface area contributed by atoms with E-state index in [-0.39, 0.29) is 5.03 Å². The predicted molar refractivity (Wildman–Crippen MR) is 67.2 cm³/mol. The molecule has 0 spiro atoms. The molecular formula is C11H12FN5S. The molecule has 2 aromatic rings. The molecule has 94 valence electrons. The number of hydrogen-bond donors (Lipinski definition) is 1. The van der Waals surface area contributed by atoms with E-state index in [1.54, 1.807) is 7.05 Å². The first-order chi connectivity index (χ1) is 8.58. The van der Waals surface area contributed by atoms with Crippen LogP contribution in [0, 0.1) is 19.7 Å². The molecule has 0 atom stereocenters. The van der Waals surface area contributed by atoms with Crippen LogP contribution >= 0.6 is 11.8 Å². The highest BCUT2D eigenvalue weighted by atomic mass is 32.2. The average molecular weight is 265 g/mol. The van der Waals surface area contributed by atoms with Crippen molar-refractivity contribution in [1.82, 2.24) is 19.9 Å². The second kappa shape index (κ2) is 5.26. The summed E-state index contributed by atoms with van der Waals surface area (Å²) >= 11 is 1.08. The number of aryl methyl sites for hydroxylation is 2. The van der Waals surface area contributed by atoms with Gasteiger partial charge in [-0.05, 0) is 31.7 Å². The Hall–Kier alpha value is -1.76. The molecule has 1 N–H and O–H groups in total. The topological polar surface area (TPSA) is 63.6 Å². The molecule has 2 heterocycles. The molecular weight excluding hydrogens is 253 g/mol. The van der Waals surface area contributed by atoms with Crippen LogP contribution in [-0.2, 0) is 0 Å². The molecule has 0 radical (unpaired) electrons. The number of halogens is 1. The molecule has 0 fully saturated rings. The highest BCUT2D eigenvalue weighted by molar-refractivity contribution is 7.99. The van der Waals surface area contributed by atoms with Crippen molar-refractivity contribution in [3.63, 3.8) is 0 Å². The van der Waals surface area contributed by atoms with Gasteiger partial charge in [0.05, 0.1) is 6.20 Å². The van der Waals surface area contributed by atoms with Crippen molar-refractivity contribution in [2.75, 3.05) is 12.4 Å². The van der Waals surface area contributed by atoms with Crippen molar-refractivity contribution in [3.8, 4) is 0 Å². The zero-order valence-electron chi connectivity index (χ0n) is 10.2. The van der Waals surface area contributed by atoms with Crippen molar-refractivity contribution < 1.29 is 4.39 Å². The zero-order chi connectivity index (χ0) is 13.1. The monoisotopic (exact) mass is 265 g/mol. The van der Waals surface area contributed by atoms with Gasteiger partial charge in [0.25, 0.3) is 0 Å². The lowest BCUT2D eigenvalue weighted by molar-refractivity contribution is 0.579. The van der Waals surface area contributed by atoms with E-state index < -0.39 is 5.82 Å². The summed E-state index contributed by atoms with van der Waals surface area (Å²) in [5.74, 6) is -0.120. The highest BCUT2D eigenvalue weighted by Crippen LogP contribution is 2.26. The summed E-state index contributed by atoms with van der Waals surface area (Å²) in [4.78, 5) is 16.3. The molecule has 0 aliphatic carbocycles. The lowest BCUT2D eigenvalue weighted by atomic mass is 10.4. The zero-order valence-corrected chi connectivity index (χ0v) is 11.0. The van der Waals surface area contributed by atoms with Gasteiger partial charge in [-0.3, -0.25) is 0 Å². The molecule has 0 aliphatic heterocycles. The van der Waals surface area contributed by atoms with Gasteiger partial charge in [0.1, 0.15) is 5.03 Å². The number of anilines is 1. The van der Waals surface area contributed by atoms with E-state index in [4.69, 9.17) is 0 Å². The third-order valence-corrected chi connectivity index (χ3v) is 2.93. The molecule has 2 aromatic heterocycles. The van der Waals surface area contributed by atoms with E-state index in [0.29, 0.717) is 11.1 Å². The molecule has 2 rings (SSSR count). The van der Waals surface area contributed by atoms with E-state index in [1.165, 1.54) is 0 Å². The highest BCUT2D eigenvalue weighted by Gasteiger charge is 2.10. The van der Waals surface area contributed by atoms with Gasteiger partial charge in [-0.1, -0.05) is 0 Å². The van der Waals surface area contributed by atoms with Crippen LogP contribution in [-0.4, -0.2) is 27.0 Å². The first-order valence-electron chi connectivity index (χ1n) is 5.29. The Bertz CT molecular complexity index is 555. The van der Waals surface area contributed by atoms with Crippen LogP contribution < -0.4 is 5.32 Å². The number of nitrogens with zero attached hydrogens (tertiary/aromatic N) is 4. The van der Waals surface area contributed by atoms with E-state index in [2.05, 4.69) is 25.3 Å². The van der Waals surface area contributed by atoms with Gasteiger partial charge in [-0.15, -0.1) is 0 Å². The summed E-state index contributed by atoms with van der Waals surface area (Å²) in [6, 6.07) is 1.86. The van der Waals surface area contributed by atoms with Crippen molar-refractivity contribution in [2.45, 2.75) is 24.0 Å². The Kier molecular flexibility index (Phi) is 3.71. The van der Waals surface area contributed by atoms with Gasteiger partial charge < -0.3 is 5.32 Å². The average Bonchev–Trinajstić information content (AvgIpc) is 2.30. The van der Waals surface area contributed by atoms with Crippen molar-refractivity contribution >= 4 is 17.7 Å². The molecule has 5 nitrogen and oxygen atoms in total. The first-order valence-corrected chi connectivity index (χ1v) is 6.10. The Balaban J connectivity index is 2.33. The molecule has 0 amide bonds. The lowest BCUT2D eigenvalue weighted by Crippen LogP contribution is -2.00. The summed E-state index contributed by atoms with van der Waals surface area (Å²) in [6.45, 7) is 3.74. The molecule has 7 heteroatoms. The Morgan fingerprint density at radius 1 is 1.17 bits per heavy atom. The second-order valence-electron chi connectivity index (χ2n) is 3.63. The first kappa shape index (κ1) is 12.7. The van der Waals surface area contributed by atoms with Crippen LogP contribution in [0.1, 0.15) is 11.4 Å². The van der Waals surface area contributed by atoms with Crippen molar-refractivity contribution in [2.24, 2.45) is 0 Å². The van der Waals surface area contributed by atoms with Crippen LogP contribution in [0.3, 0.4) is 0 Å². The molecule has 0 unspecified atom stereocenters. The lowest BCUT2D eigenvalue weighted by Gasteiger charge is -2.04. The van der Waals surface area contributed by atoms with E-state index in [0.717, 1.165) is 29.3 Å². The molecule has 0 saturated heterocycles. The van der Waals surface area contributed by atoms with Gasteiger partial charge in [0.2, 0.25) is 5.95 Å². The molecule has 0 saturated carbocycles. The maximum absolute atomic E-state index is 13.6. The summed E-state index contributed by atoms with van der Waals surface area (Å²) in [5.41, 5.74) is 1.68. The van der Waals surface area contributed by atoms with Gasteiger partial charge in [0, 0.05) is 18.4 Å². The van der Waals surface area contributed by atoms with Crippen molar-refractivity contribution in [3.05, 3.63) is 29.5 Å². The largest absolute Gasteiger partial charge is 0.357 e. The SMILES string of the molecule is CNc1ncc(F)c(Sc2nc(C)cc(C)n2)n1. The number of hydrogen-bond acceptors (Lipinski definition) is 6. The molecule has 0 aliphatic rings. The summed E-state index contributed by atoms with van der Waals surface area (Å²) in [7, 11) is 1.68. The third kappa shape index (κ3) is 2.92.